The average molecular weight is 273 g/mol. The first-order valence-corrected chi connectivity index (χ1v) is 7.94. The molecule has 0 aromatic heterocycles. The molecule has 2 aliphatic rings. The second-order valence-electron chi connectivity index (χ2n) is 6.52. The van der Waals surface area contributed by atoms with E-state index in [4.69, 9.17) is 5.73 Å². The lowest BCUT2D eigenvalue weighted by Gasteiger charge is -2.47. The van der Waals surface area contributed by atoms with Crippen molar-refractivity contribution < 1.29 is 0 Å². The largest absolute Gasteiger partial charge is 0.371 e. The van der Waals surface area contributed by atoms with Gasteiger partial charge in [0.15, 0.2) is 0 Å². The maximum absolute atomic E-state index is 5.93. The van der Waals surface area contributed by atoms with Gasteiger partial charge in [-0.15, -0.1) is 0 Å². The number of hydrogen-bond acceptors (Lipinski definition) is 3. The molecule has 2 heterocycles. The van der Waals surface area contributed by atoms with Gasteiger partial charge in [-0.3, -0.25) is 0 Å². The highest BCUT2D eigenvalue weighted by molar-refractivity contribution is 5.56. The number of piperidine rings is 2. The van der Waals surface area contributed by atoms with Crippen LogP contribution in [0.3, 0.4) is 0 Å². The van der Waals surface area contributed by atoms with E-state index in [-0.39, 0.29) is 0 Å². The van der Waals surface area contributed by atoms with Gasteiger partial charge in [-0.25, -0.2) is 0 Å². The van der Waals surface area contributed by atoms with Gasteiger partial charge in [0.2, 0.25) is 0 Å². The summed E-state index contributed by atoms with van der Waals surface area (Å²) in [6.45, 7) is 6.46. The predicted molar refractivity (Wildman–Crippen MR) is 85.0 cm³/mol. The van der Waals surface area contributed by atoms with Gasteiger partial charge in [-0.05, 0) is 62.9 Å². The number of hydrogen-bond donors (Lipinski definition) is 1. The highest BCUT2D eigenvalue weighted by Gasteiger charge is 2.34. The van der Waals surface area contributed by atoms with E-state index in [1.807, 2.05) is 0 Å². The minimum Gasteiger partial charge on any atom is -0.371 e. The topological polar surface area (TPSA) is 32.5 Å². The molecule has 2 aliphatic heterocycles. The Morgan fingerprint density at radius 2 is 2.10 bits per heavy atom. The molecule has 20 heavy (non-hydrogen) atoms. The molecule has 0 spiro atoms. The first-order valence-electron chi connectivity index (χ1n) is 7.94. The number of rotatable bonds is 2. The molecule has 2 N–H and O–H groups in total. The number of nitrogens with two attached hydrogens (primary N) is 1. The van der Waals surface area contributed by atoms with Crippen LogP contribution >= 0.6 is 0 Å². The Morgan fingerprint density at radius 3 is 2.90 bits per heavy atom. The summed E-state index contributed by atoms with van der Waals surface area (Å²) >= 11 is 0. The van der Waals surface area contributed by atoms with E-state index in [1.165, 1.54) is 55.7 Å². The van der Waals surface area contributed by atoms with Crippen molar-refractivity contribution in [3.05, 3.63) is 29.3 Å². The molecule has 1 aromatic carbocycles. The Hall–Kier alpha value is -1.06. The van der Waals surface area contributed by atoms with Crippen molar-refractivity contribution in [3.63, 3.8) is 0 Å². The van der Waals surface area contributed by atoms with Crippen molar-refractivity contribution in [2.75, 3.05) is 31.6 Å². The number of likely N-dealkylation sites (tertiary alicyclic amines) is 1. The molecule has 0 aliphatic carbocycles. The maximum atomic E-state index is 5.93. The Bertz CT molecular complexity index is 471. The molecule has 2 atom stereocenters. The molecule has 0 saturated carbocycles. The second-order valence-corrected chi connectivity index (χ2v) is 6.52. The first kappa shape index (κ1) is 13.9. The van der Waals surface area contributed by atoms with E-state index in [0.717, 1.165) is 12.0 Å². The molecular weight excluding hydrogens is 246 g/mol. The van der Waals surface area contributed by atoms with Crippen molar-refractivity contribution in [2.45, 2.75) is 38.8 Å². The monoisotopic (exact) mass is 273 g/mol. The first-order chi connectivity index (χ1) is 9.69. The van der Waals surface area contributed by atoms with Crippen LogP contribution in [0.2, 0.25) is 0 Å². The number of aryl methyl sites for hydroxylation is 1. The Balaban J connectivity index is 1.81. The minimum atomic E-state index is 0.639. The molecule has 3 heteroatoms. The summed E-state index contributed by atoms with van der Waals surface area (Å²) in [5.74, 6) is 0.827. The predicted octanol–water partition coefficient (Wildman–Crippen LogP) is 2.37. The van der Waals surface area contributed by atoms with Crippen LogP contribution in [0, 0.1) is 12.8 Å². The zero-order valence-electron chi connectivity index (χ0n) is 12.8. The van der Waals surface area contributed by atoms with Crippen LogP contribution in [0.15, 0.2) is 18.2 Å². The van der Waals surface area contributed by atoms with Crippen molar-refractivity contribution >= 4 is 5.69 Å². The molecule has 0 amide bonds. The number of nitrogens with zero attached hydrogens (tertiary/aromatic N) is 2. The van der Waals surface area contributed by atoms with Crippen molar-refractivity contribution in [3.8, 4) is 0 Å². The average Bonchev–Trinajstić information content (AvgIpc) is 2.47. The van der Waals surface area contributed by atoms with Gasteiger partial charge in [0.25, 0.3) is 0 Å². The molecule has 0 radical (unpaired) electrons. The third-order valence-corrected chi connectivity index (χ3v) is 5.15. The van der Waals surface area contributed by atoms with Gasteiger partial charge in [-0.1, -0.05) is 12.1 Å². The van der Waals surface area contributed by atoms with Crippen LogP contribution in [-0.2, 0) is 6.54 Å². The van der Waals surface area contributed by atoms with E-state index < -0.39 is 0 Å². The van der Waals surface area contributed by atoms with Crippen LogP contribution in [0.1, 0.15) is 30.4 Å². The summed E-state index contributed by atoms with van der Waals surface area (Å²) in [4.78, 5) is 5.15. The third kappa shape index (κ3) is 2.57. The third-order valence-electron chi connectivity index (χ3n) is 5.15. The lowest BCUT2D eigenvalue weighted by Crippen LogP contribution is -2.52. The van der Waals surface area contributed by atoms with Crippen LogP contribution in [0.4, 0.5) is 5.69 Å². The van der Waals surface area contributed by atoms with Gasteiger partial charge in [0, 0.05) is 31.4 Å². The van der Waals surface area contributed by atoms with Gasteiger partial charge in [0.1, 0.15) is 0 Å². The van der Waals surface area contributed by atoms with E-state index in [9.17, 15) is 0 Å². The fourth-order valence-electron chi connectivity index (χ4n) is 4.01. The SMILES string of the molecule is Cc1ccc(CN)c(N2CCC3C(CCCN3C)C2)c1. The zero-order chi connectivity index (χ0) is 14.1. The molecule has 3 rings (SSSR count). The molecular formula is C17H27N3. The van der Waals surface area contributed by atoms with E-state index in [2.05, 4.69) is 42.0 Å². The van der Waals surface area contributed by atoms with Gasteiger partial charge >= 0.3 is 0 Å². The molecule has 110 valence electrons. The van der Waals surface area contributed by atoms with Crippen LogP contribution < -0.4 is 10.6 Å². The minimum absolute atomic E-state index is 0.639. The molecule has 0 bridgehead atoms. The van der Waals surface area contributed by atoms with Gasteiger partial charge in [-0.2, -0.15) is 0 Å². The number of benzene rings is 1. The lowest BCUT2D eigenvalue weighted by atomic mass is 9.84. The lowest BCUT2D eigenvalue weighted by molar-refractivity contribution is 0.102. The second kappa shape index (κ2) is 5.74. The van der Waals surface area contributed by atoms with Crippen molar-refractivity contribution in [2.24, 2.45) is 11.7 Å². The molecule has 2 fully saturated rings. The zero-order valence-corrected chi connectivity index (χ0v) is 12.8. The summed E-state index contributed by atoms with van der Waals surface area (Å²) in [6, 6.07) is 7.48. The van der Waals surface area contributed by atoms with Crippen molar-refractivity contribution in [1.82, 2.24) is 4.90 Å². The van der Waals surface area contributed by atoms with Gasteiger partial charge < -0.3 is 15.5 Å². The number of fused-ring (bicyclic) bond motifs is 1. The summed E-state index contributed by atoms with van der Waals surface area (Å²) in [6.07, 6.45) is 4.03. The van der Waals surface area contributed by atoms with Crippen LogP contribution in [-0.4, -0.2) is 37.6 Å². The summed E-state index contributed by atoms with van der Waals surface area (Å²) in [5.41, 5.74) is 9.92. The summed E-state index contributed by atoms with van der Waals surface area (Å²) < 4.78 is 0. The Kier molecular flexibility index (Phi) is 3.99. The van der Waals surface area contributed by atoms with E-state index in [0.29, 0.717) is 6.54 Å². The quantitative estimate of drug-likeness (QED) is 0.898. The highest BCUT2D eigenvalue weighted by Crippen LogP contribution is 2.33. The number of anilines is 1. The van der Waals surface area contributed by atoms with E-state index >= 15 is 0 Å². The van der Waals surface area contributed by atoms with E-state index in [1.54, 1.807) is 0 Å². The molecule has 3 nitrogen and oxygen atoms in total. The van der Waals surface area contributed by atoms with Crippen LogP contribution in [0.5, 0.6) is 0 Å². The fraction of sp³-hybridized carbons (Fsp3) is 0.647. The molecule has 1 aromatic rings. The molecule has 2 saturated heterocycles. The normalized spacial score (nSPS) is 27.4. The standard InChI is InChI=1S/C17H27N3/c1-13-5-6-14(11-18)17(10-13)20-9-7-16-15(12-20)4-3-8-19(16)2/h5-6,10,15-16H,3-4,7-9,11-12,18H2,1-2H3. The summed E-state index contributed by atoms with van der Waals surface area (Å²) in [5, 5.41) is 0. The van der Waals surface area contributed by atoms with Crippen molar-refractivity contribution in [1.29, 1.82) is 0 Å². The molecule has 2 unspecified atom stereocenters. The Labute approximate surface area is 122 Å². The highest BCUT2D eigenvalue weighted by atomic mass is 15.2. The van der Waals surface area contributed by atoms with Crippen LogP contribution in [0.25, 0.3) is 0 Å². The Morgan fingerprint density at radius 1 is 1.25 bits per heavy atom. The van der Waals surface area contributed by atoms with Gasteiger partial charge in [0.05, 0.1) is 0 Å². The maximum Gasteiger partial charge on any atom is 0.0414 e. The fourth-order valence-corrected chi connectivity index (χ4v) is 4.01. The summed E-state index contributed by atoms with van der Waals surface area (Å²) in [7, 11) is 2.30. The smallest absolute Gasteiger partial charge is 0.0414 e.